The number of piperidine rings is 1. The molecule has 2 aliphatic rings. The molecule has 0 bridgehead atoms. The molecule has 258 valence electrons. The number of amides is 2. The Kier molecular flexibility index (Phi) is 9.43. The maximum absolute atomic E-state index is 14.1. The van der Waals surface area contributed by atoms with Crippen LogP contribution >= 0.6 is 0 Å². The minimum atomic E-state index is -4.65. The van der Waals surface area contributed by atoms with Crippen LogP contribution in [0.4, 0.5) is 40.8 Å². The van der Waals surface area contributed by atoms with E-state index >= 15 is 0 Å². The van der Waals surface area contributed by atoms with Gasteiger partial charge in [0.25, 0.3) is 5.91 Å². The van der Waals surface area contributed by atoms with E-state index in [0.717, 1.165) is 11.9 Å². The number of alkyl halides is 8. The Balaban J connectivity index is 1.53. The van der Waals surface area contributed by atoms with E-state index in [1.807, 2.05) is 0 Å². The lowest BCUT2D eigenvalue weighted by Crippen LogP contribution is -2.47. The summed E-state index contributed by atoms with van der Waals surface area (Å²) in [5, 5.41) is 13.6. The van der Waals surface area contributed by atoms with Crippen molar-refractivity contribution in [3.63, 3.8) is 0 Å². The largest absolute Gasteiger partial charge is 0.405 e. The smallest absolute Gasteiger partial charge is 0.364 e. The molecule has 2 fully saturated rings. The van der Waals surface area contributed by atoms with E-state index in [1.165, 1.54) is 33.7 Å². The lowest BCUT2D eigenvalue weighted by Gasteiger charge is -2.33. The van der Waals surface area contributed by atoms with E-state index in [4.69, 9.17) is 0 Å². The number of fused-ring (bicyclic) bond motifs is 1. The number of hydrogen-bond acceptors (Lipinski definition) is 6. The zero-order valence-corrected chi connectivity index (χ0v) is 25.5. The first-order chi connectivity index (χ1) is 21.9. The van der Waals surface area contributed by atoms with Crippen LogP contribution in [0.15, 0.2) is 24.5 Å². The van der Waals surface area contributed by atoms with Gasteiger partial charge in [-0.05, 0) is 38.2 Å². The van der Waals surface area contributed by atoms with Crippen LogP contribution < -0.4 is 15.5 Å². The van der Waals surface area contributed by atoms with E-state index in [0.29, 0.717) is 6.54 Å². The van der Waals surface area contributed by atoms with Crippen molar-refractivity contribution >= 4 is 23.1 Å². The maximum Gasteiger partial charge on any atom is 0.405 e. The molecule has 10 nitrogen and oxygen atoms in total. The van der Waals surface area contributed by atoms with Crippen molar-refractivity contribution < 1.29 is 44.7 Å². The summed E-state index contributed by atoms with van der Waals surface area (Å²) in [6.07, 6.45) is -8.08. The van der Waals surface area contributed by atoms with Gasteiger partial charge in [0.15, 0.2) is 5.65 Å². The lowest BCUT2D eigenvalue weighted by molar-refractivity contribution is -0.183. The number of halogens is 8. The first-order valence-corrected chi connectivity index (χ1v) is 15.2. The fourth-order valence-electron chi connectivity index (χ4n) is 6.33. The number of imidazole rings is 1. The standard InChI is InChI=1S/C29H34F8N8O2/c1-3-44-21(6-9-39-44)26(47)41-24(16-4-7-27(30,31)8-5-16)20-14-45-23(40-20)12-22(43(2)15-28(32,33)34)19(42-45)11-17-10-18(29(35,36)37)13-38-25(17)46/h6,9,12,14,16-18,24H,3-5,7-8,10-11,13,15H2,1-2H3,(H,38,46)(H,41,47)/t17?,18-,24+/m1/s1. The summed E-state index contributed by atoms with van der Waals surface area (Å²) in [4.78, 5) is 31.3. The third kappa shape index (κ3) is 7.94. The number of nitrogens with one attached hydrogen (secondary N) is 2. The van der Waals surface area contributed by atoms with Crippen molar-refractivity contribution in [2.75, 3.05) is 25.0 Å². The maximum atomic E-state index is 14.1. The number of hydrogen-bond donors (Lipinski definition) is 2. The molecule has 1 aliphatic heterocycles. The van der Waals surface area contributed by atoms with E-state index in [-0.39, 0.29) is 41.3 Å². The van der Waals surface area contributed by atoms with Gasteiger partial charge >= 0.3 is 12.4 Å². The lowest BCUT2D eigenvalue weighted by atomic mass is 9.81. The first-order valence-electron chi connectivity index (χ1n) is 15.2. The Morgan fingerprint density at radius 3 is 2.53 bits per heavy atom. The number of rotatable bonds is 9. The van der Waals surface area contributed by atoms with Crippen LogP contribution in [0.1, 0.15) is 66.9 Å². The second-order valence-corrected chi connectivity index (χ2v) is 12.2. The summed E-state index contributed by atoms with van der Waals surface area (Å²) in [6.45, 7) is 0.140. The third-order valence-corrected chi connectivity index (χ3v) is 8.80. The molecule has 3 aromatic heterocycles. The van der Waals surface area contributed by atoms with Gasteiger partial charge in [-0.1, -0.05) is 0 Å². The molecule has 5 rings (SSSR count). The summed E-state index contributed by atoms with van der Waals surface area (Å²) in [5.41, 5.74) is 0.312. The Labute approximate surface area is 263 Å². The van der Waals surface area contributed by atoms with Crippen LogP contribution in [-0.2, 0) is 17.8 Å². The summed E-state index contributed by atoms with van der Waals surface area (Å²) >= 11 is 0. The zero-order valence-electron chi connectivity index (χ0n) is 25.5. The number of carbonyl (C=O) groups excluding carboxylic acids is 2. The fraction of sp³-hybridized carbons (Fsp3) is 0.621. The van der Waals surface area contributed by atoms with Gasteiger partial charge in [-0.15, -0.1) is 0 Å². The van der Waals surface area contributed by atoms with Crippen LogP contribution in [0.5, 0.6) is 0 Å². The van der Waals surface area contributed by atoms with Crippen LogP contribution in [-0.4, -0.2) is 74.6 Å². The van der Waals surface area contributed by atoms with Gasteiger partial charge in [-0.3, -0.25) is 14.3 Å². The summed E-state index contributed by atoms with van der Waals surface area (Å²) in [7, 11) is 1.13. The van der Waals surface area contributed by atoms with Gasteiger partial charge in [-0.2, -0.15) is 36.5 Å². The zero-order chi connectivity index (χ0) is 34.3. The van der Waals surface area contributed by atoms with Crippen molar-refractivity contribution in [1.29, 1.82) is 0 Å². The molecular weight excluding hydrogens is 644 g/mol. The first kappa shape index (κ1) is 34.3. The molecule has 0 radical (unpaired) electrons. The number of aromatic nitrogens is 5. The van der Waals surface area contributed by atoms with Gasteiger partial charge in [0.2, 0.25) is 11.8 Å². The average molecular weight is 679 g/mol. The molecule has 3 atom stereocenters. The predicted octanol–water partition coefficient (Wildman–Crippen LogP) is 5.10. The number of anilines is 1. The summed E-state index contributed by atoms with van der Waals surface area (Å²) in [5.74, 6) is -7.60. The number of nitrogens with zero attached hydrogens (tertiary/aromatic N) is 6. The minimum Gasteiger partial charge on any atom is -0.364 e. The SMILES string of the molecule is CCn1nccc1C(=O)N[C@H](c1cn2nc(CC3C[C@@H](C(F)(F)F)CNC3=O)c(N(C)CC(F)(F)F)cc2n1)C1CCC(F)(F)CC1. The molecule has 2 N–H and O–H groups in total. The fourth-order valence-corrected chi connectivity index (χ4v) is 6.33. The summed E-state index contributed by atoms with van der Waals surface area (Å²) in [6, 6.07) is 1.88. The molecule has 1 saturated carbocycles. The van der Waals surface area contributed by atoms with Gasteiger partial charge < -0.3 is 15.5 Å². The second kappa shape index (κ2) is 12.9. The third-order valence-electron chi connectivity index (χ3n) is 8.80. The van der Waals surface area contributed by atoms with E-state index in [2.05, 4.69) is 25.8 Å². The highest BCUT2D eigenvalue weighted by Gasteiger charge is 2.45. The van der Waals surface area contributed by atoms with E-state index < -0.39 is 92.7 Å². The Morgan fingerprint density at radius 2 is 1.89 bits per heavy atom. The number of aryl methyl sites for hydroxylation is 1. The molecule has 4 heterocycles. The molecular formula is C29H34F8N8O2. The van der Waals surface area contributed by atoms with E-state index in [9.17, 15) is 44.7 Å². The van der Waals surface area contributed by atoms with Crippen LogP contribution in [0.3, 0.4) is 0 Å². The normalized spacial score (nSPS) is 21.4. The van der Waals surface area contributed by atoms with Gasteiger partial charge in [0, 0.05) is 57.6 Å². The monoisotopic (exact) mass is 678 g/mol. The molecule has 1 aliphatic carbocycles. The highest BCUT2D eigenvalue weighted by atomic mass is 19.4. The molecule has 47 heavy (non-hydrogen) atoms. The van der Waals surface area contributed by atoms with Crippen LogP contribution in [0.2, 0.25) is 0 Å². The highest BCUT2D eigenvalue weighted by molar-refractivity contribution is 5.92. The minimum absolute atomic E-state index is 0.0491. The van der Waals surface area contributed by atoms with Crippen LogP contribution in [0.25, 0.3) is 5.65 Å². The molecule has 18 heteroatoms. The van der Waals surface area contributed by atoms with Gasteiger partial charge in [0.05, 0.1) is 35.2 Å². The van der Waals surface area contributed by atoms with Gasteiger partial charge in [-0.25, -0.2) is 18.3 Å². The van der Waals surface area contributed by atoms with Crippen molar-refractivity contribution in [2.45, 2.75) is 76.3 Å². The Bertz CT molecular complexity index is 1590. The topological polar surface area (TPSA) is 109 Å². The Morgan fingerprint density at radius 1 is 1.19 bits per heavy atom. The number of carbonyl (C=O) groups is 2. The molecule has 2 amide bonds. The van der Waals surface area contributed by atoms with E-state index in [1.54, 1.807) is 6.92 Å². The van der Waals surface area contributed by atoms with Crippen molar-refractivity contribution in [2.24, 2.45) is 17.8 Å². The molecule has 0 aromatic carbocycles. The predicted molar refractivity (Wildman–Crippen MR) is 152 cm³/mol. The quantitative estimate of drug-likeness (QED) is 0.305. The second-order valence-electron chi connectivity index (χ2n) is 12.2. The van der Waals surface area contributed by atoms with Crippen molar-refractivity contribution in [3.8, 4) is 0 Å². The highest BCUT2D eigenvalue weighted by Crippen LogP contribution is 2.42. The Hall–Kier alpha value is -3.99. The molecule has 1 saturated heterocycles. The van der Waals surface area contributed by atoms with Crippen molar-refractivity contribution in [3.05, 3.63) is 41.6 Å². The molecule has 0 spiro atoms. The van der Waals surface area contributed by atoms with Crippen LogP contribution in [0, 0.1) is 17.8 Å². The molecule has 1 unspecified atom stereocenters. The van der Waals surface area contributed by atoms with Crippen molar-refractivity contribution in [1.82, 2.24) is 35.0 Å². The molecule has 3 aromatic rings. The summed E-state index contributed by atoms with van der Waals surface area (Å²) < 4.78 is 112. The average Bonchev–Trinajstić information content (AvgIpc) is 3.62. The van der Waals surface area contributed by atoms with Gasteiger partial charge in [0.1, 0.15) is 12.2 Å².